The first-order valence-corrected chi connectivity index (χ1v) is 6.12. The Morgan fingerprint density at radius 3 is 2.88 bits per heavy atom. The minimum Gasteiger partial charge on any atom is -0.493 e. The first-order valence-electron chi connectivity index (χ1n) is 5.33. The minimum absolute atomic E-state index is 0. The molecule has 0 radical (unpaired) electrons. The molecule has 0 spiro atoms. The van der Waals surface area contributed by atoms with Crippen LogP contribution >= 0.6 is 28.3 Å². The molecule has 0 atom stereocenters. The Bertz CT molecular complexity index is 376. The minimum atomic E-state index is 0. The van der Waals surface area contributed by atoms with Crippen molar-refractivity contribution in [3.63, 3.8) is 0 Å². The third-order valence-corrected chi connectivity index (χ3v) is 2.52. The fraction of sp³-hybridized carbons (Fsp3) is 0.385. The van der Waals surface area contributed by atoms with Crippen LogP contribution in [0.4, 0.5) is 0 Å². The van der Waals surface area contributed by atoms with Crippen LogP contribution in [0.2, 0.25) is 0 Å². The quantitative estimate of drug-likeness (QED) is 0.641. The van der Waals surface area contributed by atoms with E-state index in [1.807, 2.05) is 12.1 Å². The standard InChI is InChI=1S/C13H16BrNO.ClH/c1-3-7-15-10-11-9-12(14)5-6-13(11)16-8-4-2;/h1,5-6,9,15H,4,7-8,10H2,2H3;1H. The molecule has 94 valence electrons. The van der Waals surface area contributed by atoms with Gasteiger partial charge in [0, 0.05) is 16.6 Å². The first kappa shape index (κ1) is 16.3. The van der Waals surface area contributed by atoms with E-state index < -0.39 is 0 Å². The molecule has 1 N–H and O–H groups in total. The first-order chi connectivity index (χ1) is 7.77. The van der Waals surface area contributed by atoms with Gasteiger partial charge in [-0.1, -0.05) is 28.8 Å². The van der Waals surface area contributed by atoms with Crippen molar-refractivity contribution in [1.29, 1.82) is 0 Å². The number of terminal acetylenes is 1. The Kier molecular flexibility index (Phi) is 8.97. The fourth-order valence-electron chi connectivity index (χ4n) is 1.31. The van der Waals surface area contributed by atoms with E-state index in [1.54, 1.807) is 0 Å². The van der Waals surface area contributed by atoms with Crippen LogP contribution in [0.15, 0.2) is 22.7 Å². The summed E-state index contributed by atoms with van der Waals surface area (Å²) >= 11 is 3.45. The Balaban J connectivity index is 0.00000256. The summed E-state index contributed by atoms with van der Waals surface area (Å²) in [6.45, 7) is 4.13. The van der Waals surface area contributed by atoms with Gasteiger partial charge in [0.05, 0.1) is 13.2 Å². The molecule has 0 aliphatic rings. The van der Waals surface area contributed by atoms with Gasteiger partial charge in [-0.25, -0.2) is 0 Å². The summed E-state index contributed by atoms with van der Waals surface area (Å²) in [5.74, 6) is 3.48. The summed E-state index contributed by atoms with van der Waals surface area (Å²) in [5.41, 5.74) is 1.12. The Labute approximate surface area is 118 Å². The van der Waals surface area contributed by atoms with E-state index in [9.17, 15) is 0 Å². The highest BCUT2D eigenvalue weighted by Gasteiger charge is 2.03. The van der Waals surface area contributed by atoms with Crippen LogP contribution in [0.3, 0.4) is 0 Å². The van der Waals surface area contributed by atoms with Crippen LogP contribution in [0.25, 0.3) is 0 Å². The number of hydrogen-bond donors (Lipinski definition) is 1. The summed E-state index contributed by atoms with van der Waals surface area (Å²) < 4.78 is 6.71. The number of halogens is 2. The van der Waals surface area contributed by atoms with E-state index in [1.165, 1.54) is 0 Å². The van der Waals surface area contributed by atoms with E-state index in [4.69, 9.17) is 11.2 Å². The Morgan fingerprint density at radius 2 is 2.24 bits per heavy atom. The number of benzene rings is 1. The number of hydrogen-bond acceptors (Lipinski definition) is 2. The third-order valence-electron chi connectivity index (χ3n) is 2.03. The highest BCUT2D eigenvalue weighted by Crippen LogP contribution is 2.23. The van der Waals surface area contributed by atoms with Crippen LogP contribution in [-0.4, -0.2) is 13.2 Å². The van der Waals surface area contributed by atoms with Gasteiger partial charge >= 0.3 is 0 Å². The molecule has 0 aliphatic carbocycles. The molecule has 0 aliphatic heterocycles. The molecular formula is C13H17BrClNO. The molecule has 1 aromatic carbocycles. The van der Waals surface area contributed by atoms with E-state index in [0.29, 0.717) is 6.54 Å². The average molecular weight is 319 g/mol. The predicted molar refractivity (Wildman–Crippen MR) is 77.7 cm³/mol. The zero-order valence-corrected chi connectivity index (χ0v) is 12.2. The molecular weight excluding hydrogens is 302 g/mol. The molecule has 4 heteroatoms. The summed E-state index contributed by atoms with van der Waals surface area (Å²) in [6, 6.07) is 6.01. The maximum Gasteiger partial charge on any atom is 0.123 e. The lowest BCUT2D eigenvalue weighted by Crippen LogP contribution is -2.14. The predicted octanol–water partition coefficient (Wildman–Crippen LogP) is 3.38. The van der Waals surface area contributed by atoms with Gasteiger partial charge < -0.3 is 10.1 Å². The lowest BCUT2D eigenvalue weighted by atomic mass is 10.2. The summed E-state index contributed by atoms with van der Waals surface area (Å²) in [7, 11) is 0. The maximum atomic E-state index is 5.66. The van der Waals surface area contributed by atoms with Crippen LogP contribution < -0.4 is 10.1 Å². The molecule has 0 amide bonds. The molecule has 0 heterocycles. The average Bonchev–Trinajstić information content (AvgIpc) is 2.28. The van der Waals surface area contributed by atoms with Crippen molar-refractivity contribution in [3.8, 4) is 18.1 Å². The van der Waals surface area contributed by atoms with E-state index in [-0.39, 0.29) is 12.4 Å². The molecule has 0 fully saturated rings. The second kappa shape index (κ2) is 9.35. The van der Waals surface area contributed by atoms with Gasteiger partial charge in [-0.15, -0.1) is 18.8 Å². The monoisotopic (exact) mass is 317 g/mol. The van der Waals surface area contributed by atoms with Gasteiger partial charge in [0.2, 0.25) is 0 Å². The zero-order valence-electron chi connectivity index (χ0n) is 9.83. The van der Waals surface area contributed by atoms with Gasteiger partial charge in [-0.2, -0.15) is 0 Å². The lowest BCUT2D eigenvalue weighted by Gasteiger charge is -2.11. The van der Waals surface area contributed by atoms with Crippen molar-refractivity contribution in [1.82, 2.24) is 5.32 Å². The number of ether oxygens (including phenoxy) is 1. The Morgan fingerprint density at radius 1 is 1.47 bits per heavy atom. The van der Waals surface area contributed by atoms with E-state index in [0.717, 1.165) is 35.4 Å². The van der Waals surface area contributed by atoms with Crippen molar-refractivity contribution in [2.24, 2.45) is 0 Å². The highest BCUT2D eigenvalue weighted by molar-refractivity contribution is 9.10. The zero-order chi connectivity index (χ0) is 11.8. The van der Waals surface area contributed by atoms with E-state index >= 15 is 0 Å². The topological polar surface area (TPSA) is 21.3 Å². The molecule has 1 rings (SSSR count). The van der Waals surface area contributed by atoms with Crippen molar-refractivity contribution in [2.75, 3.05) is 13.2 Å². The van der Waals surface area contributed by atoms with Gasteiger partial charge in [0.1, 0.15) is 5.75 Å². The van der Waals surface area contributed by atoms with Gasteiger partial charge in [0.15, 0.2) is 0 Å². The molecule has 17 heavy (non-hydrogen) atoms. The number of nitrogens with one attached hydrogen (secondary N) is 1. The fourth-order valence-corrected chi connectivity index (χ4v) is 1.72. The van der Waals surface area contributed by atoms with Crippen LogP contribution in [0.5, 0.6) is 5.75 Å². The summed E-state index contributed by atoms with van der Waals surface area (Å²) in [5, 5.41) is 3.16. The number of rotatable bonds is 6. The largest absolute Gasteiger partial charge is 0.493 e. The van der Waals surface area contributed by atoms with Crippen molar-refractivity contribution < 1.29 is 4.74 Å². The molecule has 0 aromatic heterocycles. The van der Waals surface area contributed by atoms with Gasteiger partial charge in [0.25, 0.3) is 0 Å². The summed E-state index contributed by atoms with van der Waals surface area (Å²) in [4.78, 5) is 0. The van der Waals surface area contributed by atoms with Gasteiger partial charge in [-0.05, 0) is 24.6 Å². The second-order valence-corrected chi connectivity index (χ2v) is 4.32. The van der Waals surface area contributed by atoms with Crippen LogP contribution in [0.1, 0.15) is 18.9 Å². The van der Waals surface area contributed by atoms with Crippen LogP contribution in [-0.2, 0) is 6.54 Å². The van der Waals surface area contributed by atoms with E-state index in [2.05, 4.69) is 40.2 Å². The normalized spacial score (nSPS) is 9.24. The summed E-state index contributed by atoms with van der Waals surface area (Å²) in [6.07, 6.45) is 6.20. The van der Waals surface area contributed by atoms with Crippen LogP contribution in [0, 0.1) is 12.3 Å². The van der Waals surface area contributed by atoms with Gasteiger partial charge in [-0.3, -0.25) is 0 Å². The molecule has 0 unspecified atom stereocenters. The third kappa shape index (κ3) is 5.97. The Hall–Kier alpha value is -0.690. The maximum absolute atomic E-state index is 5.66. The molecule has 0 saturated heterocycles. The molecule has 2 nitrogen and oxygen atoms in total. The highest BCUT2D eigenvalue weighted by atomic mass is 79.9. The molecule has 1 aromatic rings. The van der Waals surface area contributed by atoms with Crippen molar-refractivity contribution in [2.45, 2.75) is 19.9 Å². The van der Waals surface area contributed by atoms with Crippen molar-refractivity contribution in [3.05, 3.63) is 28.2 Å². The smallest absolute Gasteiger partial charge is 0.123 e. The SMILES string of the molecule is C#CCNCc1cc(Br)ccc1OCCC.Cl. The molecule has 0 saturated carbocycles. The molecule has 0 bridgehead atoms. The lowest BCUT2D eigenvalue weighted by molar-refractivity contribution is 0.313. The second-order valence-electron chi connectivity index (χ2n) is 3.41. The van der Waals surface area contributed by atoms with Crippen molar-refractivity contribution >= 4 is 28.3 Å².